The van der Waals surface area contributed by atoms with Gasteiger partial charge >= 0.3 is 0 Å². The third kappa shape index (κ3) is 3.72. The molecule has 1 N–H and O–H groups in total. The third-order valence-electron chi connectivity index (χ3n) is 4.36. The summed E-state index contributed by atoms with van der Waals surface area (Å²) >= 11 is 0. The number of hydrogen-bond acceptors (Lipinski definition) is 3. The molecule has 1 aromatic heterocycles. The lowest BCUT2D eigenvalue weighted by atomic mass is 9.98. The molecule has 0 bridgehead atoms. The van der Waals surface area contributed by atoms with E-state index in [1.165, 1.54) is 0 Å². The van der Waals surface area contributed by atoms with Crippen LogP contribution < -0.4 is 5.32 Å². The zero-order valence-corrected chi connectivity index (χ0v) is 13.9. The number of ether oxygens (including phenoxy) is 1. The van der Waals surface area contributed by atoms with Gasteiger partial charge in [-0.3, -0.25) is 4.79 Å². The molecule has 1 atom stereocenters. The Balaban J connectivity index is 1.66. The van der Waals surface area contributed by atoms with Gasteiger partial charge < -0.3 is 14.6 Å². The van der Waals surface area contributed by atoms with Crippen LogP contribution in [0.3, 0.4) is 0 Å². The van der Waals surface area contributed by atoms with Crippen molar-refractivity contribution < 1.29 is 9.53 Å². The Labute approximate surface area is 137 Å². The molecule has 124 valence electrons. The van der Waals surface area contributed by atoms with Crippen molar-refractivity contribution in [2.75, 3.05) is 13.2 Å². The van der Waals surface area contributed by atoms with Crippen molar-refractivity contribution in [1.29, 1.82) is 0 Å². The minimum absolute atomic E-state index is 0.0860. The summed E-state index contributed by atoms with van der Waals surface area (Å²) in [5.41, 5.74) is 2.10. The Morgan fingerprint density at radius 2 is 2.26 bits per heavy atom. The number of aromatic nitrogens is 2. The highest BCUT2D eigenvalue weighted by molar-refractivity contribution is 5.77. The third-order valence-corrected chi connectivity index (χ3v) is 4.36. The van der Waals surface area contributed by atoms with Gasteiger partial charge in [0.15, 0.2) is 0 Å². The number of carbonyl (C=O) groups excluding carboxylic acids is 1. The molecule has 5 nitrogen and oxygen atoms in total. The van der Waals surface area contributed by atoms with Crippen molar-refractivity contribution in [3.63, 3.8) is 0 Å². The summed E-state index contributed by atoms with van der Waals surface area (Å²) in [4.78, 5) is 16.9. The van der Waals surface area contributed by atoms with E-state index in [1.54, 1.807) is 0 Å². The highest BCUT2D eigenvalue weighted by atomic mass is 16.5. The first kappa shape index (κ1) is 16.0. The summed E-state index contributed by atoms with van der Waals surface area (Å²) in [7, 11) is 0. The first-order valence-electron chi connectivity index (χ1n) is 8.45. The molecule has 1 amide bonds. The van der Waals surface area contributed by atoms with Crippen molar-refractivity contribution in [3.05, 3.63) is 30.1 Å². The second kappa shape index (κ2) is 7.13. The number of benzene rings is 1. The van der Waals surface area contributed by atoms with Gasteiger partial charge in [0, 0.05) is 25.7 Å². The zero-order chi connectivity index (χ0) is 16.2. The van der Waals surface area contributed by atoms with Crippen LogP contribution in [0, 0.1) is 5.92 Å². The minimum atomic E-state index is 0.0860. The molecule has 0 saturated carbocycles. The van der Waals surface area contributed by atoms with Crippen molar-refractivity contribution in [2.45, 2.75) is 45.7 Å². The Morgan fingerprint density at radius 1 is 1.43 bits per heavy atom. The molecule has 23 heavy (non-hydrogen) atoms. The number of nitrogens with zero attached hydrogens (tertiary/aromatic N) is 2. The van der Waals surface area contributed by atoms with Crippen LogP contribution in [0.15, 0.2) is 24.3 Å². The second-order valence-corrected chi connectivity index (χ2v) is 6.54. The maximum Gasteiger partial charge on any atom is 0.220 e. The molecule has 2 heterocycles. The normalized spacial score (nSPS) is 18.5. The minimum Gasteiger partial charge on any atom is -0.381 e. The fourth-order valence-corrected chi connectivity index (χ4v) is 3.28. The molecule has 0 radical (unpaired) electrons. The summed E-state index contributed by atoms with van der Waals surface area (Å²) < 4.78 is 7.63. The van der Waals surface area contributed by atoms with Crippen LogP contribution in [-0.2, 0) is 16.1 Å². The maximum atomic E-state index is 12.2. The van der Waals surface area contributed by atoms with Crippen molar-refractivity contribution in [1.82, 2.24) is 14.9 Å². The molecular formula is C18H25N3O2. The smallest absolute Gasteiger partial charge is 0.220 e. The highest BCUT2D eigenvalue weighted by Gasteiger charge is 2.18. The van der Waals surface area contributed by atoms with Gasteiger partial charge in [0.25, 0.3) is 0 Å². The molecular weight excluding hydrogens is 290 g/mol. The van der Waals surface area contributed by atoms with Gasteiger partial charge in [-0.2, -0.15) is 0 Å². The predicted octanol–water partition coefficient (Wildman–Crippen LogP) is 3.05. The monoisotopic (exact) mass is 315 g/mol. The Bertz CT molecular complexity index is 672. The van der Waals surface area contributed by atoms with E-state index in [-0.39, 0.29) is 5.91 Å². The van der Waals surface area contributed by atoms with Gasteiger partial charge in [0.05, 0.1) is 17.6 Å². The molecule has 1 saturated heterocycles. The second-order valence-electron chi connectivity index (χ2n) is 6.54. The predicted molar refractivity (Wildman–Crippen MR) is 90.1 cm³/mol. The van der Waals surface area contributed by atoms with Gasteiger partial charge in [-0.25, -0.2) is 4.98 Å². The largest absolute Gasteiger partial charge is 0.381 e. The van der Waals surface area contributed by atoms with E-state index in [2.05, 4.69) is 34.8 Å². The molecule has 2 aromatic rings. The summed E-state index contributed by atoms with van der Waals surface area (Å²) in [6.07, 6.45) is 2.68. The number of amides is 1. The summed E-state index contributed by atoms with van der Waals surface area (Å²) in [5, 5.41) is 3.02. The van der Waals surface area contributed by atoms with E-state index in [0.29, 0.717) is 31.5 Å². The molecule has 1 aliphatic heterocycles. The van der Waals surface area contributed by atoms with Crippen molar-refractivity contribution >= 4 is 16.9 Å². The molecule has 1 aromatic carbocycles. The van der Waals surface area contributed by atoms with E-state index in [0.717, 1.165) is 36.3 Å². The van der Waals surface area contributed by atoms with Crippen LogP contribution in [0.25, 0.3) is 11.0 Å². The van der Waals surface area contributed by atoms with Crippen LogP contribution in [0.2, 0.25) is 0 Å². The van der Waals surface area contributed by atoms with Crippen LogP contribution in [0.4, 0.5) is 0 Å². The van der Waals surface area contributed by atoms with Crippen LogP contribution in [0.1, 0.15) is 45.0 Å². The topological polar surface area (TPSA) is 56.2 Å². The number of rotatable bonds is 5. The Kier molecular flexibility index (Phi) is 4.96. The zero-order valence-electron chi connectivity index (χ0n) is 13.9. The molecule has 3 rings (SSSR count). The Hall–Kier alpha value is -1.88. The quantitative estimate of drug-likeness (QED) is 0.922. The maximum absolute atomic E-state index is 12.2. The molecule has 5 heteroatoms. The van der Waals surface area contributed by atoms with Gasteiger partial charge in [-0.05, 0) is 44.7 Å². The van der Waals surface area contributed by atoms with Gasteiger partial charge in [0.2, 0.25) is 5.91 Å². The number of hydrogen-bond donors (Lipinski definition) is 1. The number of nitrogens with one attached hydrogen (secondary N) is 1. The first-order chi connectivity index (χ1) is 11.1. The summed E-state index contributed by atoms with van der Waals surface area (Å²) in [5.74, 6) is 1.35. The van der Waals surface area contributed by atoms with E-state index in [9.17, 15) is 4.79 Å². The molecule has 1 aliphatic rings. The van der Waals surface area contributed by atoms with Crippen LogP contribution in [-0.4, -0.2) is 28.7 Å². The fraction of sp³-hybridized carbons (Fsp3) is 0.556. The van der Waals surface area contributed by atoms with E-state index in [4.69, 9.17) is 4.74 Å². The molecule has 0 aliphatic carbocycles. The lowest BCUT2D eigenvalue weighted by Gasteiger charge is -2.21. The molecule has 1 unspecified atom stereocenters. The number of imidazole rings is 1. The van der Waals surface area contributed by atoms with Crippen LogP contribution >= 0.6 is 0 Å². The average Bonchev–Trinajstić information content (AvgIpc) is 2.92. The van der Waals surface area contributed by atoms with E-state index >= 15 is 0 Å². The average molecular weight is 315 g/mol. The standard InChI is InChI=1S/C18H25N3O2/c1-13(2)21-16-8-4-3-7-15(16)20-17(21)11-19-18(22)10-14-6-5-9-23-12-14/h3-4,7-8,13-14H,5-6,9-12H2,1-2H3,(H,19,22). The number of fused-ring (bicyclic) bond motifs is 1. The van der Waals surface area contributed by atoms with E-state index < -0.39 is 0 Å². The van der Waals surface area contributed by atoms with Crippen molar-refractivity contribution in [3.8, 4) is 0 Å². The lowest BCUT2D eigenvalue weighted by molar-refractivity contribution is -0.123. The molecule has 1 fully saturated rings. The number of carbonyl (C=O) groups is 1. The summed E-state index contributed by atoms with van der Waals surface area (Å²) in [6.45, 7) is 6.28. The highest BCUT2D eigenvalue weighted by Crippen LogP contribution is 2.21. The lowest BCUT2D eigenvalue weighted by Crippen LogP contribution is -2.29. The van der Waals surface area contributed by atoms with Crippen LogP contribution in [0.5, 0.6) is 0 Å². The van der Waals surface area contributed by atoms with Crippen molar-refractivity contribution in [2.24, 2.45) is 5.92 Å². The SMILES string of the molecule is CC(C)n1c(CNC(=O)CC2CCCOC2)nc2ccccc21. The fourth-order valence-electron chi connectivity index (χ4n) is 3.28. The first-order valence-corrected chi connectivity index (χ1v) is 8.45. The summed E-state index contributed by atoms with van der Waals surface area (Å²) in [6, 6.07) is 8.41. The Morgan fingerprint density at radius 3 is 3.00 bits per heavy atom. The van der Waals surface area contributed by atoms with Gasteiger partial charge in [0.1, 0.15) is 5.82 Å². The molecule has 0 spiro atoms. The number of para-hydroxylation sites is 2. The van der Waals surface area contributed by atoms with E-state index in [1.807, 2.05) is 18.2 Å². The van der Waals surface area contributed by atoms with Gasteiger partial charge in [-0.15, -0.1) is 0 Å². The van der Waals surface area contributed by atoms with Gasteiger partial charge in [-0.1, -0.05) is 12.1 Å².